The van der Waals surface area contributed by atoms with Crippen LogP contribution in [0.1, 0.15) is 38.2 Å². The van der Waals surface area contributed by atoms with E-state index in [1.54, 1.807) is 17.0 Å². The highest BCUT2D eigenvalue weighted by atomic mass is 16.3. The third kappa shape index (κ3) is 2.55. The monoisotopic (exact) mass is 302 g/mol. The molecule has 5 nitrogen and oxygen atoms in total. The molecular formula is C17H22N2O3. The minimum absolute atomic E-state index is 0.167. The summed E-state index contributed by atoms with van der Waals surface area (Å²) in [5, 5.41) is 10.9. The number of ketones is 1. The largest absolute Gasteiger partial charge is 0.375 e. The first kappa shape index (κ1) is 15.2. The van der Waals surface area contributed by atoms with Crippen molar-refractivity contribution < 1.29 is 14.7 Å². The minimum Gasteiger partial charge on any atom is -0.375 e. The maximum atomic E-state index is 12.8. The van der Waals surface area contributed by atoms with Gasteiger partial charge in [0, 0.05) is 12.0 Å². The second kappa shape index (κ2) is 5.82. The van der Waals surface area contributed by atoms with Crippen LogP contribution in [-0.2, 0) is 15.2 Å². The number of rotatable bonds is 4. The van der Waals surface area contributed by atoms with Crippen LogP contribution in [0.4, 0.5) is 5.69 Å². The number of likely N-dealkylation sites (tertiary alicyclic amines) is 1. The van der Waals surface area contributed by atoms with Gasteiger partial charge in [-0.1, -0.05) is 24.6 Å². The fraction of sp³-hybridized carbons (Fsp3) is 0.529. The maximum absolute atomic E-state index is 12.8. The van der Waals surface area contributed by atoms with Gasteiger partial charge in [0.25, 0.3) is 5.91 Å². The summed E-state index contributed by atoms with van der Waals surface area (Å²) in [6, 6.07) is 7.23. The van der Waals surface area contributed by atoms with Gasteiger partial charge in [-0.05, 0) is 38.9 Å². The number of carbonyl (C=O) groups is 2. The molecule has 1 amide bonds. The molecule has 1 atom stereocenters. The van der Waals surface area contributed by atoms with Gasteiger partial charge in [-0.3, -0.25) is 19.4 Å². The molecule has 0 radical (unpaired) electrons. The van der Waals surface area contributed by atoms with Crippen molar-refractivity contribution in [1.82, 2.24) is 4.90 Å². The molecule has 0 aliphatic carbocycles. The summed E-state index contributed by atoms with van der Waals surface area (Å²) in [6.45, 7) is 3.82. The van der Waals surface area contributed by atoms with Crippen LogP contribution in [0.2, 0.25) is 0 Å². The number of fused-ring (bicyclic) bond motifs is 1. The van der Waals surface area contributed by atoms with E-state index in [2.05, 4.69) is 4.90 Å². The van der Waals surface area contributed by atoms with Gasteiger partial charge in [-0.2, -0.15) is 0 Å². The molecule has 2 aliphatic heterocycles. The Morgan fingerprint density at radius 3 is 2.59 bits per heavy atom. The Hall–Kier alpha value is -1.72. The van der Waals surface area contributed by atoms with Gasteiger partial charge in [0.05, 0.1) is 12.4 Å². The molecule has 1 aromatic carbocycles. The van der Waals surface area contributed by atoms with Crippen LogP contribution in [0, 0.1) is 0 Å². The standard InChI is InChI=1S/C17H22N2O3/c1-13(20)11-17(22)14-7-3-4-8-15(14)19(16(17)21)12-18-9-5-2-6-10-18/h3-4,7-8,22H,2,5-6,9-12H2,1H3/t17-/m1/s1. The lowest BCUT2D eigenvalue weighted by Gasteiger charge is -2.31. The van der Waals surface area contributed by atoms with E-state index in [1.165, 1.54) is 13.3 Å². The van der Waals surface area contributed by atoms with Gasteiger partial charge in [0.15, 0.2) is 5.60 Å². The molecule has 0 spiro atoms. The summed E-state index contributed by atoms with van der Waals surface area (Å²) in [5.74, 6) is -0.569. The first-order valence-corrected chi connectivity index (χ1v) is 7.88. The second-order valence-corrected chi connectivity index (χ2v) is 6.31. The van der Waals surface area contributed by atoms with Gasteiger partial charge in [0.2, 0.25) is 0 Å². The van der Waals surface area contributed by atoms with E-state index in [1.807, 2.05) is 12.1 Å². The number of carbonyl (C=O) groups excluding carboxylic acids is 2. The fourth-order valence-corrected chi connectivity index (χ4v) is 3.48. The summed E-state index contributed by atoms with van der Waals surface area (Å²) in [5.41, 5.74) is -0.438. The summed E-state index contributed by atoms with van der Waals surface area (Å²) >= 11 is 0. The van der Waals surface area contributed by atoms with E-state index < -0.39 is 5.60 Å². The first-order chi connectivity index (χ1) is 10.5. The number of benzene rings is 1. The molecule has 0 aromatic heterocycles. The molecule has 1 N–H and O–H groups in total. The van der Waals surface area contributed by atoms with Crippen LogP contribution < -0.4 is 4.90 Å². The van der Waals surface area contributed by atoms with Crippen molar-refractivity contribution in [3.63, 3.8) is 0 Å². The number of Topliss-reactive ketones (excluding diaryl/α,β-unsaturated/α-hetero) is 1. The smallest absolute Gasteiger partial charge is 0.265 e. The van der Waals surface area contributed by atoms with Crippen molar-refractivity contribution in [2.24, 2.45) is 0 Å². The molecular weight excluding hydrogens is 280 g/mol. The van der Waals surface area contributed by atoms with Crippen LogP contribution in [0.3, 0.4) is 0 Å². The molecule has 3 rings (SSSR count). The van der Waals surface area contributed by atoms with Crippen molar-refractivity contribution >= 4 is 17.4 Å². The average Bonchev–Trinajstić information content (AvgIpc) is 2.70. The normalized spacial score (nSPS) is 25.4. The Morgan fingerprint density at radius 2 is 1.91 bits per heavy atom. The Morgan fingerprint density at radius 1 is 1.23 bits per heavy atom. The van der Waals surface area contributed by atoms with Crippen molar-refractivity contribution in [2.45, 2.75) is 38.2 Å². The van der Waals surface area contributed by atoms with Crippen LogP contribution in [0.5, 0.6) is 0 Å². The zero-order valence-electron chi connectivity index (χ0n) is 12.9. The topological polar surface area (TPSA) is 60.9 Å². The maximum Gasteiger partial charge on any atom is 0.265 e. The van der Waals surface area contributed by atoms with Gasteiger partial charge >= 0.3 is 0 Å². The minimum atomic E-state index is -1.71. The van der Waals surface area contributed by atoms with E-state index in [4.69, 9.17) is 0 Å². The molecule has 1 fully saturated rings. The zero-order valence-corrected chi connectivity index (χ0v) is 12.9. The molecule has 0 saturated carbocycles. The molecule has 2 aliphatic rings. The zero-order chi connectivity index (χ0) is 15.7. The van der Waals surface area contributed by atoms with Crippen molar-refractivity contribution in [1.29, 1.82) is 0 Å². The van der Waals surface area contributed by atoms with E-state index in [0.717, 1.165) is 31.6 Å². The number of aliphatic hydroxyl groups is 1. The number of hydrogen-bond donors (Lipinski definition) is 1. The van der Waals surface area contributed by atoms with Crippen LogP contribution in [0.25, 0.3) is 0 Å². The van der Waals surface area contributed by atoms with Gasteiger partial charge in [-0.25, -0.2) is 0 Å². The number of anilines is 1. The van der Waals surface area contributed by atoms with Crippen molar-refractivity contribution in [2.75, 3.05) is 24.7 Å². The lowest BCUT2D eigenvalue weighted by molar-refractivity contribution is -0.141. The number of para-hydroxylation sites is 1. The summed E-state index contributed by atoms with van der Waals surface area (Å²) < 4.78 is 0. The Kier molecular flexibility index (Phi) is 4.02. The molecule has 5 heteroatoms. The predicted octanol–water partition coefficient (Wildman–Crippen LogP) is 1.64. The molecule has 1 saturated heterocycles. The fourth-order valence-electron chi connectivity index (χ4n) is 3.48. The summed E-state index contributed by atoms with van der Waals surface area (Å²) in [4.78, 5) is 28.2. The van der Waals surface area contributed by atoms with Crippen molar-refractivity contribution in [3.8, 4) is 0 Å². The first-order valence-electron chi connectivity index (χ1n) is 7.88. The van der Waals surface area contributed by atoms with E-state index in [-0.39, 0.29) is 18.1 Å². The second-order valence-electron chi connectivity index (χ2n) is 6.31. The van der Waals surface area contributed by atoms with E-state index in [9.17, 15) is 14.7 Å². The number of nitrogens with zero attached hydrogens (tertiary/aromatic N) is 2. The highest BCUT2D eigenvalue weighted by Crippen LogP contribution is 2.42. The highest BCUT2D eigenvalue weighted by molar-refractivity contribution is 6.08. The molecule has 1 aromatic rings. The number of hydrogen-bond acceptors (Lipinski definition) is 4. The molecule has 22 heavy (non-hydrogen) atoms. The summed E-state index contributed by atoms with van der Waals surface area (Å²) in [7, 11) is 0. The average molecular weight is 302 g/mol. The van der Waals surface area contributed by atoms with Crippen molar-refractivity contribution in [3.05, 3.63) is 29.8 Å². The van der Waals surface area contributed by atoms with Crippen LogP contribution in [-0.4, -0.2) is 41.5 Å². The molecule has 0 unspecified atom stereocenters. The lowest BCUT2D eigenvalue weighted by atomic mass is 9.90. The van der Waals surface area contributed by atoms with Crippen LogP contribution in [0.15, 0.2) is 24.3 Å². The third-order valence-corrected chi connectivity index (χ3v) is 4.53. The molecule has 118 valence electrons. The van der Waals surface area contributed by atoms with E-state index >= 15 is 0 Å². The third-order valence-electron chi connectivity index (χ3n) is 4.53. The van der Waals surface area contributed by atoms with Gasteiger partial charge < -0.3 is 5.11 Å². The number of piperidine rings is 1. The van der Waals surface area contributed by atoms with Crippen LogP contribution >= 0.6 is 0 Å². The van der Waals surface area contributed by atoms with Gasteiger partial charge in [-0.15, -0.1) is 0 Å². The molecule has 0 bridgehead atoms. The Bertz CT molecular complexity index is 595. The molecule has 2 heterocycles. The highest BCUT2D eigenvalue weighted by Gasteiger charge is 2.50. The Labute approximate surface area is 130 Å². The van der Waals surface area contributed by atoms with Gasteiger partial charge in [0.1, 0.15) is 5.78 Å². The SMILES string of the molecule is CC(=O)C[C@]1(O)C(=O)N(CN2CCCCC2)c2ccccc21. The number of amides is 1. The van der Waals surface area contributed by atoms with E-state index in [0.29, 0.717) is 12.2 Å². The predicted molar refractivity (Wildman–Crippen MR) is 83.4 cm³/mol. The Balaban J connectivity index is 1.91. The summed E-state index contributed by atoms with van der Waals surface area (Å²) in [6.07, 6.45) is 3.34. The lowest BCUT2D eigenvalue weighted by Crippen LogP contribution is -2.47. The quantitative estimate of drug-likeness (QED) is 0.918.